The Labute approximate surface area is 107 Å². The Morgan fingerprint density at radius 2 is 1.78 bits per heavy atom. The second kappa shape index (κ2) is 5.21. The first-order valence-corrected chi connectivity index (χ1v) is 6.39. The normalized spacial score (nSPS) is 13.7. The van der Waals surface area contributed by atoms with Crippen LogP contribution in [0.15, 0.2) is 18.2 Å². The van der Waals surface area contributed by atoms with Crippen LogP contribution in [-0.4, -0.2) is 18.4 Å². The van der Waals surface area contributed by atoms with Gasteiger partial charge in [0.1, 0.15) is 0 Å². The summed E-state index contributed by atoms with van der Waals surface area (Å²) >= 11 is 0. The molecule has 2 N–H and O–H groups in total. The van der Waals surface area contributed by atoms with Gasteiger partial charge in [-0.25, -0.2) is 0 Å². The molecule has 2 rings (SSSR count). The zero-order valence-corrected chi connectivity index (χ0v) is 10.7. The summed E-state index contributed by atoms with van der Waals surface area (Å²) in [7, 11) is 0. The van der Waals surface area contributed by atoms with E-state index in [1.807, 2.05) is 6.07 Å². The number of carbonyl (C=O) groups excluding carboxylic acids is 2. The van der Waals surface area contributed by atoms with Crippen molar-refractivity contribution in [2.45, 2.75) is 26.7 Å². The highest BCUT2D eigenvalue weighted by Crippen LogP contribution is 2.20. The van der Waals surface area contributed by atoms with Gasteiger partial charge in [-0.2, -0.15) is 0 Å². The van der Waals surface area contributed by atoms with E-state index in [4.69, 9.17) is 0 Å². The lowest BCUT2D eigenvalue weighted by atomic mass is 10.0. The average Bonchev–Trinajstić information content (AvgIpc) is 2.66. The van der Waals surface area contributed by atoms with Crippen LogP contribution in [0.2, 0.25) is 0 Å². The molecule has 0 radical (unpaired) electrons. The van der Waals surface area contributed by atoms with Gasteiger partial charge >= 0.3 is 0 Å². The van der Waals surface area contributed by atoms with E-state index >= 15 is 0 Å². The quantitative estimate of drug-likeness (QED) is 0.784. The Bertz CT molecular complexity index is 479. The summed E-state index contributed by atoms with van der Waals surface area (Å²) in [5.74, 6) is 0.0245. The molecular weight excluding hydrogens is 228 g/mol. The summed E-state index contributed by atoms with van der Waals surface area (Å²) < 4.78 is 0. The standard InChI is InChI=1S/C14H18N2O2/c1-3-9(4-2)8-15-10-5-6-11-12(7-10)14(18)16-13(11)17/h5-7,9,15H,3-4,8H2,1-2H3,(H,16,17,18). The molecule has 4 nitrogen and oxygen atoms in total. The van der Waals surface area contributed by atoms with Crippen LogP contribution in [0.1, 0.15) is 47.4 Å². The largest absolute Gasteiger partial charge is 0.385 e. The Balaban J connectivity index is 2.10. The molecule has 18 heavy (non-hydrogen) atoms. The smallest absolute Gasteiger partial charge is 0.259 e. The molecule has 4 heteroatoms. The molecule has 96 valence electrons. The van der Waals surface area contributed by atoms with E-state index in [9.17, 15) is 9.59 Å². The number of rotatable bonds is 5. The van der Waals surface area contributed by atoms with Crippen molar-refractivity contribution in [1.82, 2.24) is 5.32 Å². The highest BCUT2D eigenvalue weighted by Gasteiger charge is 2.26. The first-order chi connectivity index (χ1) is 8.65. The van der Waals surface area contributed by atoms with Gasteiger partial charge < -0.3 is 5.32 Å². The van der Waals surface area contributed by atoms with Crippen LogP contribution in [0.5, 0.6) is 0 Å². The van der Waals surface area contributed by atoms with Gasteiger partial charge in [0.25, 0.3) is 11.8 Å². The van der Waals surface area contributed by atoms with Crippen molar-refractivity contribution in [2.24, 2.45) is 5.92 Å². The molecule has 0 atom stereocenters. The Morgan fingerprint density at radius 1 is 1.11 bits per heavy atom. The predicted octanol–water partition coefficient (Wildman–Crippen LogP) is 2.42. The summed E-state index contributed by atoms with van der Waals surface area (Å²) in [6, 6.07) is 5.29. The van der Waals surface area contributed by atoms with Crippen molar-refractivity contribution >= 4 is 17.5 Å². The van der Waals surface area contributed by atoms with Crippen LogP contribution in [0.4, 0.5) is 5.69 Å². The Kier molecular flexibility index (Phi) is 3.65. The van der Waals surface area contributed by atoms with E-state index in [1.165, 1.54) is 0 Å². The predicted molar refractivity (Wildman–Crippen MR) is 70.8 cm³/mol. The van der Waals surface area contributed by atoms with Crippen molar-refractivity contribution in [1.29, 1.82) is 0 Å². The van der Waals surface area contributed by atoms with Gasteiger partial charge in [-0.15, -0.1) is 0 Å². The van der Waals surface area contributed by atoms with Crippen molar-refractivity contribution in [3.63, 3.8) is 0 Å². The number of fused-ring (bicyclic) bond motifs is 1. The summed E-state index contributed by atoms with van der Waals surface area (Å²) in [5.41, 5.74) is 1.83. The minimum Gasteiger partial charge on any atom is -0.385 e. The van der Waals surface area contributed by atoms with E-state index in [0.717, 1.165) is 25.1 Å². The molecule has 1 aromatic rings. The zero-order chi connectivity index (χ0) is 13.1. The lowest BCUT2D eigenvalue weighted by molar-refractivity contribution is 0.0879. The molecule has 1 heterocycles. The third-order valence-corrected chi connectivity index (χ3v) is 3.49. The first-order valence-electron chi connectivity index (χ1n) is 6.39. The fourth-order valence-corrected chi connectivity index (χ4v) is 2.12. The fourth-order valence-electron chi connectivity index (χ4n) is 2.12. The molecule has 0 aromatic heterocycles. The monoisotopic (exact) mass is 246 g/mol. The molecule has 0 bridgehead atoms. The summed E-state index contributed by atoms with van der Waals surface area (Å²) in [6.07, 6.45) is 2.26. The molecule has 0 saturated carbocycles. The van der Waals surface area contributed by atoms with E-state index in [0.29, 0.717) is 17.0 Å². The molecule has 0 aliphatic carbocycles. The van der Waals surface area contributed by atoms with E-state index < -0.39 is 0 Å². The van der Waals surface area contributed by atoms with E-state index in [1.54, 1.807) is 12.1 Å². The maximum absolute atomic E-state index is 11.5. The van der Waals surface area contributed by atoms with Gasteiger partial charge in [0.05, 0.1) is 11.1 Å². The number of benzene rings is 1. The Morgan fingerprint density at radius 3 is 2.44 bits per heavy atom. The Hall–Kier alpha value is -1.84. The zero-order valence-electron chi connectivity index (χ0n) is 10.7. The van der Waals surface area contributed by atoms with Crippen molar-refractivity contribution in [2.75, 3.05) is 11.9 Å². The third kappa shape index (κ3) is 2.37. The second-order valence-electron chi connectivity index (χ2n) is 4.61. The maximum Gasteiger partial charge on any atom is 0.259 e. The highest BCUT2D eigenvalue weighted by atomic mass is 16.2. The topological polar surface area (TPSA) is 58.2 Å². The molecule has 1 aliphatic rings. The SMILES string of the molecule is CCC(CC)CNc1ccc2c(c1)C(=O)NC2=O. The minimum atomic E-state index is -0.304. The second-order valence-corrected chi connectivity index (χ2v) is 4.61. The number of anilines is 1. The molecule has 2 amide bonds. The fraction of sp³-hybridized carbons (Fsp3) is 0.429. The van der Waals surface area contributed by atoms with E-state index in [2.05, 4.69) is 24.5 Å². The molecule has 1 aliphatic heterocycles. The maximum atomic E-state index is 11.5. The van der Waals surface area contributed by atoms with E-state index in [-0.39, 0.29) is 11.8 Å². The van der Waals surface area contributed by atoms with Gasteiger partial charge in [0.2, 0.25) is 0 Å². The molecule has 0 fully saturated rings. The van der Waals surface area contributed by atoms with Crippen LogP contribution in [0, 0.1) is 5.92 Å². The van der Waals surface area contributed by atoms with Crippen molar-refractivity contribution < 1.29 is 9.59 Å². The number of hydrogen-bond donors (Lipinski definition) is 2. The van der Waals surface area contributed by atoms with Crippen LogP contribution in [0.25, 0.3) is 0 Å². The van der Waals surface area contributed by atoms with Gasteiger partial charge in [-0.3, -0.25) is 14.9 Å². The lowest BCUT2D eigenvalue weighted by Gasteiger charge is -2.14. The lowest BCUT2D eigenvalue weighted by Crippen LogP contribution is -2.19. The van der Waals surface area contributed by atoms with Gasteiger partial charge in [-0.05, 0) is 24.1 Å². The molecule has 0 unspecified atom stereocenters. The van der Waals surface area contributed by atoms with Gasteiger partial charge in [0.15, 0.2) is 0 Å². The molecule has 0 saturated heterocycles. The number of imide groups is 1. The minimum absolute atomic E-state index is 0.304. The highest BCUT2D eigenvalue weighted by molar-refractivity contribution is 6.21. The van der Waals surface area contributed by atoms with Crippen LogP contribution in [0.3, 0.4) is 0 Å². The summed E-state index contributed by atoms with van der Waals surface area (Å²) in [6.45, 7) is 5.23. The van der Waals surface area contributed by atoms with Crippen LogP contribution in [-0.2, 0) is 0 Å². The number of nitrogens with one attached hydrogen (secondary N) is 2. The third-order valence-electron chi connectivity index (χ3n) is 3.49. The summed E-state index contributed by atoms with van der Waals surface area (Å²) in [4.78, 5) is 22.9. The number of carbonyl (C=O) groups is 2. The van der Waals surface area contributed by atoms with Gasteiger partial charge in [-0.1, -0.05) is 26.7 Å². The average molecular weight is 246 g/mol. The van der Waals surface area contributed by atoms with Gasteiger partial charge in [0, 0.05) is 12.2 Å². The molecule has 1 aromatic carbocycles. The van der Waals surface area contributed by atoms with Crippen molar-refractivity contribution in [3.8, 4) is 0 Å². The number of amides is 2. The molecule has 0 spiro atoms. The van der Waals surface area contributed by atoms with Crippen LogP contribution >= 0.6 is 0 Å². The summed E-state index contributed by atoms with van der Waals surface area (Å²) in [5, 5.41) is 5.61. The van der Waals surface area contributed by atoms with Crippen LogP contribution < -0.4 is 10.6 Å². The first kappa shape index (κ1) is 12.6. The number of hydrogen-bond acceptors (Lipinski definition) is 3. The molecular formula is C14H18N2O2. The van der Waals surface area contributed by atoms with Crippen molar-refractivity contribution in [3.05, 3.63) is 29.3 Å².